The van der Waals surface area contributed by atoms with Gasteiger partial charge < -0.3 is 15.8 Å². The Labute approximate surface area is 112 Å². The molecule has 0 fully saturated rings. The van der Waals surface area contributed by atoms with Gasteiger partial charge in [-0.15, -0.1) is 0 Å². The summed E-state index contributed by atoms with van der Waals surface area (Å²) in [5, 5.41) is 3.96. The van der Waals surface area contributed by atoms with Gasteiger partial charge in [-0.3, -0.25) is 4.79 Å². The van der Waals surface area contributed by atoms with Crippen LogP contribution in [0.2, 0.25) is 5.02 Å². The lowest BCUT2D eigenvalue weighted by molar-refractivity contribution is -0.118. The number of amides is 1. The molecule has 0 heterocycles. The summed E-state index contributed by atoms with van der Waals surface area (Å²) in [7, 11) is 0. The molecule has 0 saturated heterocycles. The molecule has 1 rings (SSSR count). The largest absolute Gasteiger partial charge is 0.493 e. The smallest absolute Gasteiger partial charge is 0.220 e. The zero-order chi connectivity index (χ0) is 13.5. The molecule has 0 radical (unpaired) electrons. The van der Waals surface area contributed by atoms with E-state index in [-0.39, 0.29) is 18.9 Å². The molecule has 18 heavy (non-hydrogen) atoms. The summed E-state index contributed by atoms with van der Waals surface area (Å²) in [6.45, 7) is 5.09. The van der Waals surface area contributed by atoms with Crippen LogP contribution < -0.4 is 15.8 Å². The highest BCUT2D eigenvalue weighted by Crippen LogP contribution is 2.23. The van der Waals surface area contributed by atoms with Gasteiger partial charge in [0.1, 0.15) is 5.75 Å². The summed E-state index contributed by atoms with van der Waals surface area (Å²) in [5.41, 5.74) is 6.04. The number of hydrogen-bond donors (Lipinski definition) is 2. The molecule has 4 nitrogen and oxygen atoms in total. The third-order valence-corrected chi connectivity index (χ3v) is 2.56. The van der Waals surface area contributed by atoms with Gasteiger partial charge in [0.15, 0.2) is 0 Å². The predicted octanol–water partition coefficient (Wildman–Crippen LogP) is 2.09. The minimum atomic E-state index is -0.370. The van der Waals surface area contributed by atoms with Crippen LogP contribution in [0.5, 0.6) is 5.75 Å². The van der Waals surface area contributed by atoms with Crippen molar-refractivity contribution in [2.24, 2.45) is 5.73 Å². The molecule has 0 saturated carbocycles. The maximum absolute atomic E-state index is 10.7. The van der Waals surface area contributed by atoms with Gasteiger partial charge in [-0.25, -0.2) is 0 Å². The second-order valence-corrected chi connectivity index (χ2v) is 4.79. The molecule has 5 heteroatoms. The molecular weight excluding hydrogens is 252 g/mol. The number of carbonyl (C=O) groups excluding carboxylic acids is 1. The van der Waals surface area contributed by atoms with E-state index in [1.54, 1.807) is 12.1 Å². The molecule has 0 atom stereocenters. The number of nitrogens with two attached hydrogens (primary N) is 1. The van der Waals surface area contributed by atoms with Crippen LogP contribution >= 0.6 is 11.6 Å². The average Bonchev–Trinajstić information content (AvgIpc) is 2.28. The van der Waals surface area contributed by atoms with Crippen LogP contribution in [0.3, 0.4) is 0 Å². The Morgan fingerprint density at radius 1 is 1.50 bits per heavy atom. The second kappa shape index (κ2) is 7.24. The number of ether oxygens (including phenoxy) is 1. The van der Waals surface area contributed by atoms with Gasteiger partial charge in [-0.1, -0.05) is 25.4 Å². The summed E-state index contributed by atoms with van der Waals surface area (Å²) in [6, 6.07) is 5.81. The molecule has 0 aromatic heterocycles. The van der Waals surface area contributed by atoms with Gasteiger partial charge >= 0.3 is 0 Å². The standard InChI is InChI=1S/C13H19ClN2O2/c1-9(2)16-8-10-7-11(14)3-4-12(10)18-6-5-13(15)17/h3-4,7,9,16H,5-6,8H2,1-2H3,(H2,15,17). The van der Waals surface area contributed by atoms with E-state index in [4.69, 9.17) is 22.1 Å². The molecule has 0 bridgehead atoms. The van der Waals surface area contributed by atoms with Gasteiger partial charge in [-0.2, -0.15) is 0 Å². The summed E-state index contributed by atoms with van der Waals surface area (Å²) >= 11 is 5.96. The maximum Gasteiger partial charge on any atom is 0.220 e. The lowest BCUT2D eigenvalue weighted by Gasteiger charge is -2.13. The van der Waals surface area contributed by atoms with E-state index in [0.29, 0.717) is 17.6 Å². The molecular formula is C13H19ClN2O2. The molecule has 1 amide bonds. The molecule has 1 aromatic carbocycles. The van der Waals surface area contributed by atoms with Crippen molar-refractivity contribution in [1.82, 2.24) is 5.32 Å². The normalized spacial score (nSPS) is 10.7. The van der Waals surface area contributed by atoms with Crippen LogP contribution in [-0.4, -0.2) is 18.6 Å². The molecule has 0 spiro atoms. The summed E-state index contributed by atoms with van der Waals surface area (Å²) in [4.78, 5) is 10.7. The number of primary amides is 1. The van der Waals surface area contributed by atoms with E-state index in [2.05, 4.69) is 19.2 Å². The zero-order valence-corrected chi connectivity index (χ0v) is 11.5. The van der Waals surface area contributed by atoms with E-state index in [1.807, 2.05) is 6.07 Å². The third-order valence-electron chi connectivity index (χ3n) is 2.33. The van der Waals surface area contributed by atoms with Gasteiger partial charge in [0.25, 0.3) is 0 Å². The predicted molar refractivity (Wildman–Crippen MR) is 72.7 cm³/mol. The van der Waals surface area contributed by atoms with Crippen molar-refractivity contribution >= 4 is 17.5 Å². The minimum absolute atomic E-state index is 0.208. The number of hydrogen-bond acceptors (Lipinski definition) is 3. The number of benzene rings is 1. The van der Waals surface area contributed by atoms with Crippen molar-refractivity contribution in [1.29, 1.82) is 0 Å². The third kappa shape index (κ3) is 5.38. The first kappa shape index (κ1) is 14.8. The molecule has 0 aliphatic rings. The minimum Gasteiger partial charge on any atom is -0.493 e. The number of halogens is 1. The van der Waals surface area contributed by atoms with Crippen molar-refractivity contribution in [3.63, 3.8) is 0 Å². The van der Waals surface area contributed by atoms with E-state index >= 15 is 0 Å². The Morgan fingerprint density at radius 3 is 2.83 bits per heavy atom. The Hall–Kier alpha value is -1.26. The molecule has 1 aromatic rings. The van der Waals surface area contributed by atoms with Crippen molar-refractivity contribution in [2.45, 2.75) is 32.9 Å². The summed E-state index contributed by atoms with van der Waals surface area (Å²) in [6.07, 6.45) is 0.208. The Bertz CT molecular complexity index is 408. The lowest BCUT2D eigenvalue weighted by atomic mass is 10.2. The Kier molecular flexibility index (Phi) is 5.95. The van der Waals surface area contributed by atoms with Crippen LogP contribution in [0.1, 0.15) is 25.8 Å². The van der Waals surface area contributed by atoms with Gasteiger partial charge in [0, 0.05) is 23.2 Å². The van der Waals surface area contributed by atoms with Crippen molar-refractivity contribution < 1.29 is 9.53 Å². The average molecular weight is 271 g/mol. The highest BCUT2D eigenvalue weighted by atomic mass is 35.5. The van der Waals surface area contributed by atoms with Crippen LogP contribution in [0.4, 0.5) is 0 Å². The molecule has 0 aliphatic heterocycles. The van der Waals surface area contributed by atoms with E-state index in [9.17, 15) is 4.79 Å². The first-order valence-corrected chi connectivity index (χ1v) is 6.29. The van der Waals surface area contributed by atoms with Gasteiger partial charge in [-0.05, 0) is 18.2 Å². The highest BCUT2D eigenvalue weighted by molar-refractivity contribution is 6.30. The van der Waals surface area contributed by atoms with Crippen molar-refractivity contribution in [3.05, 3.63) is 28.8 Å². The van der Waals surface area contributed by atoms with Crippen LogP contribution in [-0.2, 0) is 11.3 Å². The summed E-state index contributed by atoms with van der Waals surface area (Å²) < 4.78 is 5.54. The van der Waals surface area contributed by atoms with Gasteiger partial charge in [0.2, 0.25) is 5.91 Å². The Balaban J connectivity index is 2.66. The van der Waals surface area contributed by atoms with Crippen molar-refractivity contribution in [2.75, 3.05) is 6.61 Å². The van der Waals surface area contributed by atoms with E-state index in [1.165, 1.54) is 0 Å². The van der Waals surface area contributed by atoms with Crippen LogP contribution in [0.15, 0.2) is 18.2 Å². The van der Waals surface area contributed by atoms with E-state index in [0.717, 1.165) is 11.3 Å². The monoisotopic (exact) mass is 270 g/mol. The number of carbonyl (C=O) groups is 1. The zero-order valence-electron chi connectivity index (χ0n) is 10.7. The number of nitrogens with one attached hydrogen (secondary N) is 1. The van der Waals surface area contributed by atoms with E-state index < -0.39 is 0 Å². The molecule has 0 aliphatic carbocycles. The molecule has 100 valence electrons. The molecule has 3 N–H and O–H groups in total. The number of rotatable bonds is 7. The molecule has 0 unspecified atom stereocenters. The fourth-order valence-electron chi connectivity index (χ4n) is 1.40. The first-order chi connectivity index (χ1) is 8.49. The van der Waals surface area contributed by atoms with Crippen LogP contribution in [0, 0.1) is 0 Å². The topological polar surface area (TPSA) is 64.3 Å². The highest BCUT2D eigenvalue weighted by Gasteiger charge is 2.06. The second-order valence-electron chi connectivity index (χ2n) is 4.35. The summed E-state index contributed by atoms with van der Waals surface area (Å²) in [5.74, 6) is 0.361. The first-order valence-electron chi connectivity index (χ1n) is 5.92. The SMILES string of the molecule is CC(C)NCc1cc(Cl)ccc1OCCC(N)=O. The fourth-order valence-corrected chi connectivity index (χ4v) is 1.60. The quantitative estimate of drug-likeness (QED) is 0.797. The van der Waals surface area contributed by atoms with Gasteiger partial charge in [0.05, 0.1) is 13.0 Å². The Morgan fingerprint density at radius 2 is 2.22 bits per heavy atom. The lowest BCUT2D eigenvalue weighted by Crippen LogP contribution is -2.22. The van der Waals surface area contributed by atoms with Crippen LogP contribution in [0.25, 0.3) is 0 Å². The van der Waals surface area contributed by atoms with Crippen molar-refractivity contribution in [3.8, 4) is 5.75 Å². The fraction of sp³-hybridized carbons (Fsp3) is 0.462. The maximum atomic E-state index is 10.7.